The summed E-state index contributed by atoms with van der Waals surface area (Å²) in [6, 6.07) is 10.1. The average Bonchev–Trinajstić information content (AvgIpc) is 3.08. The van der Waals surface area contributed by atoms with Gasteiger partial charge in [-0.25, -0.2) is 8.42 Å². The van der Waals surface area contributed by atoms with Gasteiger partial charge in [0.15, 0.2) is 11.5 Å². The van der Waals surface area contributed by atoms with E-state index < -0.39 is 16.1 Å². The number of hydrogen-bond acceptors (Lipinski definition) is 5. The number of rotatable bonds is 2. The van der Waals surface area contributed by atoms with Crippen molar-refractivity contribution in [3.63, 3.8) is 0 Å². The van der Waals surface area contributed by atoms with E-state index in [1.807, 2.05) is 12.1 Å². The molecule has 0 aromatic heterocycles. The number of hydrogen-bond donors (Lipinski definition) is 1. The first-order valence-electron chi connectivity index (χ1n) is 6.68. The maximum Gasteiger partial charge on any atom is 0.241 e. The van der Waals surface area contributed by atoms with Crippen LogP contribution in [0.5, 0.6) is 17.2 Å². The molecule has 0 aliphatic carbocycles. The zero-order chi connectivity index (χ0) is 15.3. The molecule has 114 valence electrons. The van der Waals surface area contributed by atoms with E-state index in [9.17, 15) is 8.42 Å². The number of fused-ring (bicyclic) bond motifs is 2. The maximum atomic E-state index is 12.3. The van der Waals surface area contributed by atoms with Crippen LogP contribution in [0, 0.1) is 0 Å². The normalized spacial score (nSPS) is 20.7. The minimum Gasteiger partial charge on any atom is -0.497 e. The molecule has 0 bridgehead atoms. The van der Waals surface area contributed by atoms with Crippen molar-refractivity contribution in [3.8, 4) is 17.2 Å². The summed E-state index contributed by atoms with van der Waals surface area (Å²) in [5, 5.41) is 0. The zero-order valence-corrected chi connectivity index (χ0v) is 12.5. The smallest absolute Gasteiger partial charge is 0.241 e. The van der Waals surface area contributed by atoms with Crippen molar-refractivity contribution in [2.45, 2.75) is 10.9 Å². The molecule has 2 aliphatic heterocycles. The van der Waals surface area contributed by atoms with Crippen molar-refractivity contribution in [2.24, 2.45) is 0 Å². The average molecular weight is 319 g/mol. The summed E-state index contributed by atoms with van der Waals surface area (Å²) < 4.78 is 43.1. The Morgan fingerprint density at radius 1 is 1.14 bits per heavy atom. The number of benzene rings is 2. The van der Waals surface area contributed by atoms with E-state index in [4.69, 9.17) is 14.2 Å². The molecule has 0 spiro atoms. The van der Waals surface area contributed by atoms with Crippen molar-refractivity contribution in [2.75, 3.05) is 13.9 Å². The number of methoxy groups -OCH3 is 1. The lowest BCUT2D eigenvalue weighted by molar-refractivity contribution is 0.174. The molecule has 4 rings (SSSR count). The van der Waals surface area contributed by atoms with Crippen molar-refractivity contribution in [3.05, 3.63) is 47.5 Å². The van der Waals surface area contributed by atoms with E-state index in [0.717, 1.165) is 11.3 Å². The van der Waals surface area contributed by atoms with Gasteiger partial charge in [0.1, 0.15) is 5.75 Å². The molecule has 1 N–H and O–H groups in total. The highest BCUT2D eigenvalue weighted by Crippen LogP contribution is 2.43. The first-order chi connectivity index (χ1) is 10.6. The molecule has 2 aromatic carbocycles. The fourth-order valence-electron chi connectivity index (χ4n) is 2.72. The van der Waals surface area contributed by atoms with Crippen LogP contribution in [0.25, 0.3) is 0 Å². The Hall–Kier alpha value is -2.25. The van der Waals surface area contributed by atoms with E-state index in [-0.39, 0.29) is 11.7 Å². The molecule has 2 aliphatic rings. The van der Waals surface area contributed by atoms with Gasteiger partial charge in [0.25, 0.3) is 0 Å². The minimum atomic E-state index is -3.56. The predicted octanol–water partition coefficient (Wildman–Crippen LogP) is 1.81. The molecule has 1 unspecified atom stereocenters. The summed E-state index contributed by atoms with van der Waals surface area (Å²) in [4.78, 5) is 0.234. The predicted molar refractivity (Wildman–Crippen MR) is 77.7 cm³/mol. The van der Waals surface area contributed by atoms with Gasteiger partial charge in [0, 0.05) is 6.07 Å². The molecule has 0 saturated heterocycles. The van der Waals surface area contributed by atoms with Crippen molar-refractivity contribution in [1.82, 2.24) is 4.72 Å². The molecular formula is C15H13NO5S. The highest BCUT2D eigenvalue weighted by Gasteiger charge is 2.37. The molecule has 1 atom stereocenters. The molecule has 2 heterocycles. The second-order valence-corrected chi connectivity index (χ2v) is 6.75. The van der Waals surface area contributed by atoms with Gasteiger partial charge in [-0.05, 0) is 29.3 Å². The van der Waals surface area contributed by atoms with Crippen molar-refractivity contribution >= 4 is 10.0 Å². The van der Waals surface area contributed by atoms with Gasteiger partial charge in [0.2, 0.25) is 16.8 Å². The third-order valence-electron chi connectivity index (χ3n) is 3.83. The first-order valence-corrected chi connectivity index (χ1v) is 8.16. The fourth-order valence-corrected chi connectivity index (χ4v) is 4.17. The largest absolute Gasteiger partial charge is 0.497 e. The summed E-state index contributed by atoms with van der Waals surface area (Å²) in [5.74, 6) is 1.74. The van der Waals surface area contributed by atoms with Crippen LogP contribution in [0.4, 0.5) is 0 Å². The van der Waals surface area contributed by atoms with Crippen LogP contribution in [0.1, 0.15) is 17.2 Å². The second-order valence-electron chi connectivity index (χ2n) is 5.07. The van der Waals surface area contributed by atoms with Crippen LogP contribution in [0.2, 0.25) is 0 Å². The molecule has 2 aromatic rings. The molecule has 0 amide bonds. The molecule has 7 heteroatoms. The van der Waals surface area contributed by atoms with Crippen LogP contribution in [-0.2, 0) is 10.0 Å². The number of ether oxygens (including phenoxy) is 3. The Balaban J connectivity index is 1.84. The van der Waals surface area contributed by atoms with Gasteiger partial charge in [-0.15, -0.1) is 0 Å². The third kappa shape index (κ3) is 1.93. The van der Waals surface area contributed by atoms with E-state index in [1.165, 1.54) is 6.07 Å². The van der Waals surface area contributed by atoms with Crippen molar-refractivity contribution in [1.29, 1.82) is 0 Å². The minimum absolute atomic E-state index is 0.110. The van der Waals surface area contributed by atoms with Gasteiger partial charge >= 0.3 is 0 Å². The lowest BCUT2D eigenvalue weighted by atomic mass is 9.99. The quantitative estimate of drug-likeness (QED) is 0.914. The Labute approximate surface area is 127 Å². The molecule has 0 fully saturated rings. The van der Waals surface area contributed by atoms with Crippen LogP contribution < -0.4 is 18.9 Å². The summed E-state index contributed by atoms with van der Waals surface area (Å²) in [6.45, 7) is 0.110. The highest BCUT2D eigenvalue weighted by molar-refractivity contribution is 7.89. The molecular weight excluding hydrogens is 306 g/mol. The summed E-state index contributed by atoms with van der Waals surface area (Å²) in [5.41, 5.74) is 1.50. The lowest BCUT2D eigenvalue weighted by Gasteiger charge is -2.12. The Morgan fingerprint density at radius 2 is 1.82 bits per heavy atom. The van der Waals surface area contributed by atoms with Gasteiger partial charge in [0.05, 0.1) is 18.0 Å². The summed E-state index contributed by atoms with van der Waals surface area (Å²) in [7, 11) is -1.97. The monoisotopic (exact) mass is 319 g/mol. The Bertz CT molecular complexity index is 845. The topological polar surface area (TPSA) is 73.9 Å². The van der Waals surface area contributed by atoms with E-state index >= 15 is 0 Å². The highest BCUT2D eigenvalue weighted by atomic mass is 32.2. The molecule has 22 heavy (non-hydrogen) atoms. The summed E-state index contributed by atoms with van der Waals surface area (Å²) in [6.07, 6.45) is 0. The van der Waals surface area contributed by atoms with Gasteiger partial charge in [-0.2, -0.15) is 4.72 Å². The second kappa shape index (κ2) is 4.62. The van der Waals surface area contributed by atoms with E-state index in [0.29, 0.717) is 17.1 Å². The maximum absolute atomic E-state index is 12.3. The molecule has 0 saturated carbocycles. The fraction of sp³-hybridized carbons (Fsp3) is 0.200. The standard InChI is InChI=1S/C15H13NO5S/c1-19-10-4-2-9(3-5-10)15-11-6-12-13(21-8-20-12)7-14(11)22(17,18)16-15/h2-7,15-16H,8H2,1H3. The van der Waals surface area contributed by atoms with Crippen LogP contribution in [0.3, 0.4) is 0 Å². The van der Waals surface area contributed by atoms with Crippen LogP contribution in [-0.4, -0.2) is 22.3 Å². The number of nitrogens with one attached hydrogen (secondary N) is 1. The lowest BCUT2D eigenvalue weighted by Crippen LogP contribution is -2.20. The van der Waals surface area contributed by atoms with Gasteiger partial charge in [-0.1, -0.05) is 12.1 Å². The van der Waals surface area contributed by atoms with Gasteiger partial charge in [-0.3, -0.25) is 0 Å². The van der Waals surface area contributed by atoms with E-state index in [2.05, 4.69) is 4.72 Å². The van der Waals surface area contributed by atoms with Gasteiger partial charge < -0.3 is 14.2 Å². The van der Waals surface area contributed by atoms with Crippen LogP contribution >= 0.6 is 0 Å². The number of sulfonamides is 1. The Morgan fingerprint density at radius 3 is 2.50 bits per heavy atom. The summed E-state index contributed by atoms with van der Waals surface area (Å²) >= 11 is 0. The first kappa shape index (κ1) is 13.4. The molecule has 0 radical (unpaired) electrons. The third-order valence-corrected chi connectivity index (χ3v) is 5.31. The SMILES string of the molecule is COc1ccc(C2NS(=O)(=O)c3cc4c(cc32)OCO4)cc1. The molecule has 6 nitrogen and oxygen atoms in total. The van der Waals surface area contributed by atoms with E-state index in [1.54, 1.807) is 25.3 Å². The zero-order valence-electron chi connectivity index (χ0n) is 11.7. The Kier molecular flexibility index (Phi) is 2.82. The van der Waals surface area contributed by atoms with Crippen LogP contribution in [0.15, 0.2) is 41.3 Å². The van der Waals surface area contributed by atoms with Crippen molar-refractivity contribution < 1.29 is 22.6 Å².